The molecule has 0 unspecified atom stereocenters. The van der Waals surface area contributed by atoms with E-state index in [0.717, 1.165) is 11.4 Å². The van der Waals surface area contributed by atoms with Crippen LogP contribution in [0.15, 0.2) is 18.6 Å². The van der Waals surface area contributed by atoms with E-state index in [0.29, 0.717) is 16.4 Å². The van der Waals surface area contributed by atoms with Gasteiger partial charge in [0, 0.05) is 5.69 Å². The first kappa shape index (κ1) is 10.7. The minimum atomic E-state index is 0.302. The highest BCUT2D eigenvalue weighted by molar-refractivity contribution is 7.80. The van der Waals surface area contributed by atoms with Gasteiger partial charge in [0.2, 0.25) is 0 Å². The highest BCUT2D eigenvalue weighted by Crippen LogP contribution is 2.14. The molecule has 6 heteroatoms. The van der Waals surface area contributed by atoms with Crippen molar-refractivity contribution in [2.75, 3.05) is 0 Å². The van der Waals surface area contributed by atoms with E-state index in [-0.39, 0.29) is 0 Å². The molecule has 2 N–H and O–H groups in total. The summed E-state index contributed by atoms with van der Waals surface area (Å²) < 4.78 is 1.83. The van der Waals surface area contributed by atoms with Crippen molar-refractivity contribution < 1.29 is 0 Å². The van der Waals surface area contributed by atoms with Crippen LogP contribution in [-0.4, -0.2) is 24.7 Å². The molecule has 0 amide bonds. The van der Waals surface area contributed by atoms with Crippen LogP contribution in [0.2, 0.25) is 0 Å². The van der Waals surface area contributed by atoms with Crippen LogP contribution in [0.1, 0.15) is 17.0 Å². The van der Waals surface area contributed by atoms with Crippen LogP contribution in [0.4, 0.5) is 0 Å². The maximum atomic E-state index is 5.64. The molecular formula is C10H11N5S. The zero-order valence-corrected chi connectivity index (χ0v) is 9.82. The highest BCUT2D eigenvalue weighted by atomic mass is 32.1. The van der Waals surface area contributed by atoms with E-state index in [1.807, 2.05) is 18.4 Å². The monoisotopic (exact) mass is 233 g/mol. The van der Waals surface area contributed by atoms with Gasteiger partial charge < -0.3 is 5.73 Å². The van der Waals surface area contributed by atoms with Gasteiger partial charge in [-0.15, -0.1) is 5.10 Å². The summed E-state index contributed by atoms with van der Waals surface area (Å²) in [6, 6.07) is 1.75. The van der Waals surface area contributed by atoms with Crippen molar-refractivity contribution in [3.63, 3.8) is 0 Å². The molecule has 2 aromatic rings. The van der Waals surface area contributed by atoms with Crippen molar-refractivity contribution in [2.24, 2.45) is 5.73 Å². The van der Waals surface area contributed by atoms with Crippen LogP contribution >= 0.6 is 12.2 Å². The molecule has 0 saturated heterocycles. The van der Waals surface area contributed by atoms with Gasteiger partial charge in [-0.25, -0.2) is 4.98 Å². The molecule has 0 fully saturated rings. The molecule has 2 heterocycles. The first-order valence-corrected chi connectivity index (χ1v) is 5.14. The zero-order valence-electron chi connectivity index (χ0n) is 9.01. The van der Waals surface area contributed by atoms with Crippen molar-refractivity contribution in [2.45, 2.75) is 13.8 Å². The fourth-order valence-corrected chi connectivity index (χ4v) is 1.57. The third-order valence-corrected chi connectivity index (χ3v) is 2.67. The second-order valence-electron chi connectivity index (χ2n) is 3.42. The predicted molar refractivity (Wildman–Crippen MR) is 64.5 cm³/mol. The van der Waals surface area contributed by atoms with E-state index in [2.05, 4.69) is 15.2 Å². The Morgan fingerprint density at radius 1 is 1.44 bits per heavy atom. The number of thiocarbonyl (C=S) groups is 1. The number of nitrogens with two attached hydrogens (primary N) is 1. The topological polar surface area (TPSA) is 69.6 Å². The second kappa shape index (κ2) is 3.97. The number of imidazole rings is 1. The van der Waals surface area contributed by atoms with Gasteiger partial charge in [-0.05, 0) is 19.9 Å². The van der Waals surface area contributed by atoms with Crippen molar-refractivity contribution >= 4 is 17.2 Å². The Balaban J connectivity index is 2.64. The average Bonchev–Trinajstić information content (AvgIpc) is 2.60. The summed E-state index contributed by atoms with van der Waals surface area (Å²) in [5, 5.41) is 7.89. The average molecular weight is 233 g/mol. The lowest BCUT2D eigenvalue weighted by Gasteiger charge is -2.08. The Kier molecular flexibility index (Phi) is 2.66. The van der Waals surface area contributed by atoms with Crippen molar-refractivity contribution in [1.82, 2.24) is 19.7 Å². The third-order valence-electron chi connectivity index (χ3n) is 2.45. The molecule has 0 radical (unpaired) electrons. The molecule has 5 nitrogen and oxygen atoms in total. The summed E-state index contributed by atoms with van der Waals surface area (Å²) in [5.41, 5.74) is 8.28. The lowest BCUT2D eigenvalue weighted by atomic mass is 10.2. The molecule has 82 valence electrons. The molecule has 0 saturated carbocycles. The molecule has 0 aliphatic heterocycles. The minimum absolute atomic E-state index is 0.302. The van der Waals surface area contributed by atoms with Gasteiger partial charge in [-0.1, -0.05) is 12.2 Å². The molecular weight excluding hydrogens is 222 g/mol. The summed E-state index contributed by atoms with van der Waals surface area (Å²) in [5.74, 6) is 0.619. The number of aromatic nitrogens is 4. The third kappa shape index (κ3) is 1.67. The summed E-state index contributed by atoms with van der Waals surface area (Å²) >= 11 is 4.98. The number of rotatable bonds is 2. The maximum absolute atomic E-state index is 5.64. The normalized spacial score (nSPS) is 10.4. The van der Waals surface area contributed by atoms with E-state index in [9.17, 15) is 0 Å². The molecule has 0 spiro atoms. The van der Waals surface area contributed by atoms with Crippen LogP contribution in [-0.2, 0) is 0 Å². The van der Waals surface area contributed by atoms with E-state index in [4.69, 9.17) is 18.0 Å². The Bertz CT molecular complexity index is 546. The largest absolute Gasteiger partial charge is 0.389 e. The van der Waals surface area contributed by atoms with Crippen LogP contribution < -0.4 is 5.73 Å². The van der Waals surface area contributed by atoms with Crippen molar-refractivity contribution in [3.8, 4) is 5.82 Å². The number of nitrogens with zero attached hydrogens (tertiary/aromatic N) is 4. The molecule has 0 aromatic carbocycles. The molecule has 0 atom stereocenters. The van der Waals surface area contributed by atoms with Crippen LogP contribution in [0.25, 0.3) is 5.82 Å². The summed E-state index contributed by atoms with van der Waals surface area (Å²) in [6.45, 7) is 3.89. The van der Waals surface area contributed by atoms with E-state index < -0.39 is 0 Å². The summed E-state index contributed by atoms with van der Waals surface area (Å²) in [4.78, 5) is 4.51. The van der Waals surface area contributed by atoms with Gasteiger partial charge in [0.1, 0.15) is 11.3 Å². The smallest absolute Gasteiger partial charge is 0.171 e. The summed E-state index contributed by atoms with van der Waals surface area (Å²) in [7, 11) is 0. The second-order valence-corrected chi connectivity index (χ2v) is 3.86. The first-order valence-electron chi connectivity index (χ1n) is 4.73. The first-order chi connectivity index (χ1) is 7.61. The Morgan fingerprint density at radius 3 is 2.75 bits per heavy atom. The van der Waals surface area contributed by atoms with Gasteiger partial charge in [0.25, 0.3) is 0 Å². The Labute approximate surface area is 98.3 Å². The number of hydrogen-bond acceptors (Lipinski definition) is 4. The molecule has 0 bridgehead atoms. The van der Waals surface area contributed by atoms with Crippen molar-refractivity contribution in [3.05, 3.63) is 35.5 Å². The molecule has 0 aliphatic rings. The summed E-state index contributed by atoms with van der Waals surface area (Å²) in [6.07, 6.45) is 3.26. The Hall–Kier alpha value is -1.82. The van der Waals surface area contributed by atoms with Crippen LogP contribution in [0.3, 0.4) is 0 Å². The molecule has 16 heavy (non-hydrogen) atoms. The van der Waals surface area contributed by atoms with Gasteiger partial charge in [0.15, 0.2) is 5.82 Å². The lowest BCUT2D eigenvalue weighted by Crippen LogP contribution is -2.15. The zero-order chi connectivity index (χ0) is 11.7. The number of aryl methyl sites for hydroxylation is 1. The lowest BCUT2D eigenvalue weighted by molar-refractivity contribution is 0.885. The standard InChI is InChI=1S/C10H11N5S/c1-6-7(2)15(5-12-6)10-8(9(11)16)3-4-13-14-10/h3-5H,1-2H3,(H2,11,16). The highest BCUT2D eigenvalue weighted by Gasteiger charge is 2.12. The van der Waals surface area contributed by atoms with Gasteiger partial charge in [0.05, 0.1) is 17.5 Å². The van der Waals surface area contributed by atoms with Gasteiger partial charge in [-0.2, -0.15) is 5.10 Å². The molecule has 2 aromatic heterocycles. The van der Waals surface area contributed by atoms with E-state index in [1.165, 1.54) is 0 Å². The van der Waals surface area contributed by atoms with Crippen LogP contribution in [0, 0.1) is 13.8 Å². The fraction of sp³-hybridized carbons (Fsp3) is 0.200. The maximum Gasteiger partial charge on any atom is 0.171 e. The van der Waals surface area contributed by atoms with Crippen LogP contribution in [0.5, 0.6) is 0 Å². The Morgan fingerprint density at radius 2 is 2.19 bits per heavy atom. The van der Waals surface area contributed by atoms with Crippen molar-refractivity contribution in [1.29, 1.82) is 0 Å². The molecule has 2 rings (SSSR count). The number of hydrogen-bond donors (Lipinski definition) is 1. The van der Waals surface area contributed by atoms with Gasteiger partial charge in [-0.3, -0.25) is 4.57 Å². The predicted octanol–water partition coefficient (Wildman–Crippen LogP) is 0.913. The van der Waals surface area contributed by atoms with E-state index >= 15 is 0 Å². The minimum Gasteiger partial charge on any atom is -0.389 e. The molecule has 0 aliphatic carbocycles. The quantitative estimate of drug-likeness (QED) is 0.781. The fourth-order valence-electron chi connectivity index (χ4n) is 1.41. The van der Waals surface area contributed by atoms with Gasteiger partial charge >= 0.3 is 0 Å². The van der Waals surface area contributed by atoms with E-state index in [1.54, 1.807) is 18.6 Å². The SMILES string of the molecule is Cc1ncn(-c2nnccc2C(N)=S)c1C.